The van der Waals surface area contributed by atoms with Crippen molar-refractivity contribution in [2.75, 3.05) is 56.7 Å². The van der Waals surface area contributed by atoms with Gasteiger partial charge in [-0.25, -0.2) is 9.18 Å². The highest BCUT2D eigenvalue weighted by Crippen LogP contribution is 2.32. The van der Waals surface area contributed by atoms with Crippen LogP contribution in [-0.4, -0.2) is 68.1 Å². The van der Waals surface area contributed by atoms with E-state index in [4.69, 9.17) is 4.74 Å². The molecule has 1 unspecified atom stereocenters. The summed E-state index contributed by atoms with van der Waals surface area (Å²) in [6, 6.07) is 11.1. The average Bonchev–Trinajstić information content (AvgIpc) is 2.88. The third-order valence-corrected chi connectivity index (χ3v) is 6.80. The van der Waals surface area contributed by atoms with Crippen molar-refractivity contribution in [3.8, 4) is 0 Å². The number of methoxy groups -OCH3 is 1. The van der Waals surface area contributed by atoms with Crippen molar-refractivity contribution in [3.63, 3.8) is 0 Å². The fraction of sp³-hybridized carbons (Fsp3) is 0.407. The molecule has 11 heteroatoms. The zero-order valence-corrected chi connectivity index (χ0v) is 21.4. The van der Waals surface area contributed by atoms with Crippen LogP contribution in [0.3, 0.4) is 0 Å². The molecule has 0 bridgehead atoms. The molecule has 1 saturated heterocycles. The molecule has 0 saturated carbocycles. The van der Waals surface area contributed by atoms with E-state index in [0.717, 1.165) is 5.56 Å². The number of halogens is 4. The number of pyridine rings is 1. The first kappa shape index (κ1) is 27.4. The number of ether oxygens (including phenoxy) is 1. The van der Waals surface area contributed by atoms with Crippen molar-refractivity contribution in [1.29, 1.82) is 0 Å². The van der Waals surface area contributed by atoms with Crippen LogP contribution in [0, 0.1) is 6.92 Å². The van der Waals surface area contributed by atoms with E-state index in [0.29, 0.717) is 40.9 Å². The minimum atomic E-state index is -4.27. The van der Waals surface area contributed by atoms with E-state index in [1.807, 2.05) is 11.8 Å². The number of alkyl halides is 4. The molecule has 1 N–H and O–H groups in total. The van der Waals surface area contributed by atoms with Crippen molar-refractivity contribution in [1.82, 2.24) is 9.47 Å². The number of anilines is 2. The fourth-order valence-corrected chi connectivity index (χ4v) is 4.94. The second kappa shape index (κ2) is 11.0. The number of hydrogen-bond donors (Lipinski definition) is 1. The second-order valence-corrected chi connectivity index (χ2v) is 9.45. The van der Waals surface area contributed by atoms with E-state index < -0.39 is 31.4 Å². The Morgan fingerprint density at radius 3 is 2.39 bits per heavy atom. The first-order valence-corrected chi connectivity index (χ1v) is 12.2. The minimum Gasteiger partial charge on any atom is -0.465 e. The number of piperazine rings is 1. The number of carbonyl (C=O) groups is 1. The maximum Gasteiger partial charge on any atom is 0.401 e. The summed E-state index contributed by atoms with van der Waals surface area (Å²) >= 11 is 0. The molecule has 204 valence electrons. The van der Waals surface area contributed by atoms with Crippen LogP contribution >= 0.6 is 0 Å². The summed E-state index contributed by atoms with van der Waals surface area (Å²) in [4.78, 5) is 28.9. The molecule has 1 aromatic heterocycles. The average molecular weight is 535 g/mol. The molecule has 1 atom stereocenters. The Hall–Kier alpha value is -3.60. The lowest BCUT2D eigenvalue weighted by Gasteiger charge is -2.37. The van der Waals surface area contributed by atoms with Gasteiger partial charge in [0.15, 0.2) is 0 Å². The number of aromatic nitrogens is 1. The lowest BCUT2D eigenvalue weighted by Crippen LogP contribution is -2.50. The summed E-state index contributed by atoms with van der Waals surface area (Å²) < 4.78 is 59.3. The Kier molecular flexibility index (Phi) is 7.96. The van der Waals surface area contributed by atoms with Crippen LogP contribution in [-0.2, 0) is 11.8 Å². The number of carbonyl (C=O) groups excluding carboxylic acids is 1. The van der Waals surface area contributed by atoms with Crippen LogP contribution < -0.4 is 15.8 Å². The molecule has 38 heavy (non-hydrogen) atoms. The van der Waals surface area contributed by atoms with Gasteiger partial charge in [0.25, 0.3) is 5.56 Å². The maximum atomic E-state index is 14.5. The van der Waals surface area contributed by atoms with E-state index in [9.17, 15) is 27.2 Å². The van der Waals surface area contributed by atoms with Gasteiger partial charge in [-0.05, 0) is 47.7 Å². The molecule has 1 fully saturated rings. The van der Waals surface area contributed by atoms with Gasteiger partial charge in [-0.2, -0.15) is 13.2 Å². The van der Waals surface area contributed by atoms with Gasteiger partial charge in [-0.15, -0.1) is 0 Å². The van der Waals surface area contributed by atoms with E-state index in [-0.39, 0.29) is 24.2 Å². The van der Waals surface area contributed by atoms with Crippen LogP contribution in [0.15, 0.2) is 47.3 Å². The van der Waals surface area contributed by atoms with Gasteiger partial charge in [0.05, 0.1) is 25.3 Å². The third-order valence-electron chi connectivity index (χ3n) is 6.80. The maximum absolute atomic E-state index is 14.5. The molecular formula is C27H30F4N4O3. The smallest absolute Gasteiger partial charge is 0.401 e. The van der Waals surface area contributed by atoms with Gasteiger partial charge in [-0.3, -0.25) is 14.3 Å². The zero-order valence-electron chi connectivity index (χ0n) is 21.4. The highest BCUT2D eigenvalue weighted by atomic mass is 19.4. The van der Waals surface area contributed by atoms with E-state index in [1.165, 1.54) is 16.6 Å². The lowest BCUT2D eigenvalue weighted by molar-refractivity contribution is -0.146. The summed E-state index contributed by atoms with van der Waals surface area (Å²) in [5.74, 6) is -0.0209. The number of nitrogens with one attached hydrogen (secondary N) is 1. The topological polar surface area (TPSA) is 66.8 Å². The predicted octanol–water partition coefficient (Wildman–Crippen LogP) is 4.44. The number of para-hydroxylation sites is 1. The van der Waals surface area contributed by atoms with Gasteiger partial charge < -0.3 is 15.0 Å². The molecular weight excluding hydrogens is 504 g/mol. The van der Waals surface area contributed by atoms with Gasteiger partial charge >= 0.3 is 12.1 Å². The van der Waals surface area contributed by atoms with Crippen molar-refractivity contribution in [3.05, 3.63) is 69.5 Å². The lowest BCUT2D eigenvalue weighted by atomic mass is 9.96. The predicted molar refractivity (Wildman–Crippen MR) is 139 cm³/mol. The van der Waals surface area contributed by atoms with Crippen LogP contribution in [0.4, 0.5) is 29.1 Å². The normalized spacial score (nSPS) is 15.5. The van der Waals surface area contributed by atoms with Crippen LogP contribution in [0.2, 0.25) is 0 Å². The fourth-order valence-electron chi connectivity index (χ4n) is 4.94. The molecule has 1 aliphatic rings. The van der Waals surface area contributed by atoms with Gasteiger partial charge in [0.2, 0.25) is 0 Å². The first-order chi connectivity index (χ1) is 18.0. The van der Waals surface area contributed by atoms with E-state index in [2.05, 4.69) is 5.32 Å². The largest absolute Gasteiger partial charge is 0.465 e. The molecule has 7 nitrogen and oxygen atoms in total. The Balaban J connectivity index is 1.73. The van der Waals surface area contributed by atoms with Crippen molar-refractivity contribution in [2.45, 2.75) is 19.1 Å². The number of benzene rings is 2. The summed E-state index contributed by atoms with van der Waals surface area (Å²) in [5.41, 5.74) is 1.66. The molecule has 0 aliphatic carbocycles. The van der Waals surface area contributed by atoms with Gasteiger partial charge in [0.1, 0.15) is 12.5 Å². The number of fused-ring (bicyclic) bond motifs is 1. The molecule has 0 spiro atoms. The van der Waals surface area contributed by atoms with Crippen LogP contribution in [0.1, 0.15) is 27.5 Å². The van der Waals surface area contributed by atoms with E-state index >= 15 is 0 Å². The Bertz CT molecular complexity index is 1380. The quantitative estimate of drug-likeness (QED) is 0.357. The number of esters is 1. The number of aryl methyl sites for hydroxylation is 1. The van der Waals surface area contributed by atoms with Gasteiger partial charge in [0, 0.05) is 44.3 Å². The Labute approximate surface area is 217 Å². The van der Waals surface area contributed by atoms with E-state index in [1.54, 1.807) is 49.5 Å². The van der Waals surface area contributed by atoms with Crippen molar-refractivity contribution in [2.24, 2.45) is 7.05 Å². The summed E-state index contributed by atoms with van der Waals surface area (Å²) in [5, 5.41) is 4.04. The summed E-state index contributed by atoms with van der Waals surface area (Å²) in [7, 11) is 2.89. The molecule has 3 aromatic rings. The molecule has 2 aromatic carbocycles. The SMILES string of the molecule is COC(=O)c1ccccc1NC(CF)c1cc(C)cc2c(=O)n(C)c(N3CCN(CC(F)(F)F)CC3)cc12. The summed E-state index contributed by atoms with van der Waals surface area (Å²) in [6.45, 7) is 1.04. The second-order valence-electron chi connectivity index (χ2n) is 9.45. The number of rotatable bonds is 7. The van der Waals surface area contributed by atoms with Crippen molar-refractivity contribution >= 4 is 28.2 Å². The van der Waals surface area contributed by atoms with Gasteiger partial charge in [-0.1, -0.05) is 18.2 Å². The monoisotopic (exact) mass is 534 g/mol. The van der Waals surface area contributed by atoms with Crippen LogP contribution in [0.25, 0.3) is 10.8 Å². The highest BCUT2D eigenvalue weighted by Gasteiger charge is 2.32. The highest BCUT2D eigenvalue weighted by molar-refractivity contribution is 5.96. The molecule has 4 rings (SSSR count). The minimum absolute atomic E-state index is 0.200. The third kappa shape index (κ3) is 5.77. The standard InChI is InChI=1S/C27H30F4N4O3/c1-17-12-20(23(15-28)32-22-7-5-4-6-18(22)26(37)38-3)19-14-24(33(2)25(36)21(19)13-17)35-10-8-34(9-11-35)16-27(29,30)31/h4-7,12-14,23,32H,8-11,15-16H2,1-3H3. The number of nitrogens with zero attached hydrogens (tertiary/aromatic N) is 3. The first-order valence-electron chi connectivity index (χ1n) is 12.2. The number of hydrogen-bond acceptors (Lipinski definition) is 6. The summed E-state index contributed by atoms with van der Waals surface area (Å²) in [6.07, 6.45) is -4.27. The molecule has 0 radical (unpaired) electrons. The zero-order chi connectivity index (χ0) is 27.6. The Morgan fingerprint density at radius 1 is 1.08 bits per heavy atom. The Morgan fingerprint density at radius 2 is 1.76 bits per heavy atom. The van der Waals surface area contributed by atoms with Crippen molar-refractivity contribution < 1.29 is 27.1 Å². The molecule has 1 aliphatic heterocycles. The van der Waals surface area contributed by atoms with Crippen LogP contribution in [0.5, 0.6) is 0 Å². The molecule has 0 amide bonds. The molecule has 2 heterocycles.